The molecule has 3 rings (SSSR count). The van der Waals surface area contributed by atoms with E-state index in [0.717, 1.165) is 12.6 Å². The Labute approximate surface area is 163 Å². The van der Waals surface area contributed by atoms with Crippen LogP contribution in [0.1, 0.15) is 13.3 Å². The van der Waals surface area contributed by atoms with Gasteiger partial charge in [0.2, 0.25) is 0 Å². The molecule has 1 N–H and O–H groups in total. The van der Waals surface area contributed by atoms with Crippen LogP contribution in [0.5, 0.6) is 0 Å². The first-order chi connectivity index (χ1) is 12.1. The van der Waals surface area contributed by atoms with E-state index in [0.29, 0.717) is 0 Å². The molecule has 0 saturated carbocycles. The van der Waals surface area contributed by atoms with Crippen LogP contribution >= 0.6 is 26.3 Å². The van der Waals surface area contributed by atoms with E-state index in [-0.39, 0.29) is 6.10 Å². The summed E-state index contributed by atoms with van der Waals surface area (Å²) in [5.74, 6) is 0. The molecule has 1 nitrogen and oxygen atoms in total. The zero-order valence-corrected chi connectivity index (χ0v) is 17.5. The van der Waals surface area contributed by atoms with Crippen molar-refractivity contribution in [2.24, 2.45) is 0 Å². The summed E-state index contributed by atoms with van der Waals surface area (Å²) >= 11 is 2.76. The monoisotopic (exact) mass is 462 g/mol. The molecule has 130 valence electrons. The molecule has 0 unspecified atom stereocenters. The van der Waals surface area contributed by atoms with Gasteiger partial charge in [0.15, 0.2) is 0 Å². The van der Waals surface area contributed by atoms with Crippen LogP contribution in [0, 0.1) is 0 Å². The Morgan fingerprint density at radius 3 is 1.32 bits per heavy atom. The molecular formula is C22H24IOP. The van der Waals surface area contributed by atoms with Crippen molar-refractivity contribution in [1.29, 1.82) is 0 Å². The van der Waals surface area contributed by atoms with Crippen LogP contribution in [-0.2, 0) is 0 Å². The van der Waals surface area contributed by atoms with Gasteiger partial charge in [-0.2, -0.15) is 0 Å². The van der Waals surface area contributed by atoms with Crippen LogP contribution in [0.15, 0.2) is 91.0 Å². The van der Waals surface area contributed by atoms with Gasteiger partial charge in [-0.05, 0) is 0 Å². The molecule has 1 atom stereocenters. The fraction of sp³-hybridized carbons (Fsp3) is 0.182. The molecule has 3 heteroatoms. The first-order valence-corrected chi connectivity index (χ1v) is 13.8. The molecule has 0 heterocycles. The third-order valence-electron chi connectivity index (χ3n) is 4.85. The first-order valence-electron chi connectivity index (χ1n) is 8.63. The van der Waals surface area contributed by atoms with Crippen LogP contribution in [0.4, 0.5) is 0 Å². The van der Waals surface area contributed by atoms with Crippen LogP contribution in [-0.4, -0.2) is 17.4 Å². The predicted molar refractivity (Wildman–Crippen MR) is 120 cm³/mol. The second-order valence-electron chi connectivity index (χ2n) is 6.55. The molecule has 25 heavy (non-hydrogen) atoms. The van der Waals surface area contributed by atoms with Crippen molar-refractivity contribution in [2.75, 3.05) is 6.16 Å². The average molecular weight is 462 g/mol. The van der Waals surface area contributed by atoms with E-state index >= 15 is 0 Å². The van der Waals surface area contributed by atoms with Gasteiger partial charge in [0, 0.05) is 0 Å². The molecule has 0 bridgehead atoms. The molecular weight excluding hydrogens is 438 g/mol. The van der Waals surface area contributed by atoms with E-state index < -0.39 is 4.25 Å². The van der Waals surface area contributed by atoms with Gasteiger partial charge < -0.3 is 0 Å². The summed E-state index contributed by atoms with van der Waals surface area (Å²) in [6.45, 7) is 1.89. The van der Waals surface area contributed by atoms with E-state index in [2.05, 4.69) is 113 Å². The number of hydrogen-bond donors (Lipinski definition) is 1. The number of aliphatic hydroxyl groups is 1. The molecule has 0 fully saturated rings. The quantitative estimate of drug-likeness (QED) is 0.418. The number of aliphatic hydroxyl groups excluding tert-OH is 1. The maximum atomic E-state index is 10.1. The SMILES string of the molecule is C[C@H](O)CCP(I)(c1ccccc1)(c1ccccc1)c1ccccc1. The Balaban J connectivity index is 2.36. The Hall–Kier alpha value is -1.22. The van der Waals surface area contributed by atoms with Gasteiger partial charge in [0.1, 0.15) is 0 Å². The van der Waals surface area contributed by atoms with Crippen molar-refractivity contribution >= 4 is 42.2 Å². The van der Waals surface area contributed by atoms with Gasteiger partial charge in [0.05, 0.1) is 0 Å². The van der Waals surface area contributed by atoms with Crippen LogP contribution in [0.3, 0.4) is 0 Å². The molecule has 0 amide bonds. The Morgan fingerprint density at radius 2 is 1.04 bits per heavy atom. The van der Waals surface area contributed by atoms with E-state index in [1.165, 1.54) is 15.9 Å². The Kier molecular flexibility index (Phi) is 5.62. The number of rotatable bonds is 6. The van der Waals surface area contributed by atoms with E-state index in [1.807, 2.05) is 6.92 Å². The van der Waals surface area contributed by atoms with Gasteiger partial charge in [-0.1, -0.05) is 0 Å². The van der Waals surface area contributed by atoms with Crippen molar-refractivity contribution in [1.82, 2.24) is 0 Å². The minimum absolute atomic E-state index is 0.313. The second-order valence-corrected chi connectivity index (χ2v) is 17.3. The predicted octanol–water partition coefficient (Wildman–Crippen LogP) is 4.64. The third-order valence-corrected chi connectivity index (χ3v) is 16.5. The summed E-state index contributed by atoms with van der Waals surface area (Å²) in [5, 5.41) is 14.2. The standard InChI is InChI=1S/C22H24IOP/c1-19(24)17-18-25(23,20-11-5-2-6-12-20,21-13-7-3-8-14-21)22-15-9-4-10-16-22/h2-16,19,24H,17-18H2,1H3/t19-/m0/s1. The number of benzene rings is 3. The molecule has 0 aliphatic carbocycles. The summed E-state index contributed by atoms with van der Waals surface area (Å²) in [7, 11) is 0. The van der Waals surface area contributed by atoms with Crippen molar-refractivity contribution in [2.45, 2.75) is 19.4 Å². The fourth-order valence-electron chi connectivity index (χ4n) is 3.48. The molecule has 0 spiro atoms. The molecule has 3 aromatic carbocycles. The van der Waals surface area contributed by atoms with E-state index in [1.54, 1.807) is 0 Å². The molecule has 3 aromatic rings. The Bertz CT molecular complexity index is 704. The topological polar surface area (TPSA) is 20.2 Å². The van der Waals surface area contributed by atoms with Gasteiger partial charge in [0.25, 0.3) is 0 Å². The van der Waals surface area contributed by atoms with Gasteiger partial charge in [-0.15, -0.1) is 0 Å². The summed E-state index contributed by atoms with van der Waals surface area (Å²) in [6.07, 6.45) is 1.41. The second kappa shape index (κ2) is 7.57. The summed E-state index contributed by atoms with van der Waals surface area (Å²) in [5.41, 5.74) is 0. The van der Waals surface area contributed by atoms with Crippen LogP contribution < -0.4 is 15.9 Å². The van der Waals surface area contributed by atoms with Crippen molar-refractivity contribution in [3.05, 3.63) is 91.0 Å². The molecule has 0 radical (unpaired) electrons. The molecule has 0 saturated heterocycles. The van der Waals surface area contributed by atoms with E-state index in [4.69, 9.17) is 0 Å². The third kappa shape index (κ3) is 3.40. The molecule has 0 aromatic heterocycles. The minimum atomic E-state index is -2.69. The summed E-state index contributed by atoms with van der Waals surface area (Å²) < 4.78 is -2.69. The Morgan fingerprint density at radius 1 is 0.720 bits per heavy atom. The normalized spacial score (nSPS) is 14.4. The number of hydrogen-bond acceptors (Lipinski definition) is 1. The fourth-order valence-corrected chi connectivity index (χ4v) is 12.1. The van der Waals surface area contributed by atoms with Crippen molar-refractivity contribution in [3.63, 3.8) is 0 Å². The first kappa shape index (κ1) is 18.6. The average Bonchev–Trinajstić information content (AvgIpc) is 2.68. The maximum absolute atomic E-state index is 10.1. The zero-order chi connectivity index (χ0) is 17.8. The summed E-state index contributed by atoms with van der Waals surface area (Å²) in [4.78, 5) is 0. The van der Waals surface area contributed by atoms with Crippen molar-refractivity contribution in [3.8, 4) is 0 Å². The van der Waals surface area contributed by atoms with Gasteiger partial charge in [-0.25, -0.2) is 0 Å². The summed E-state index contributed by atoms with van der Waals surface area (Å²) in [6, 6.07) is 32.5. The molecule has 0 aliphatic heterocycles. The van der Waals surface area contributed by atoms with Gasteiger partial charge in [-0.3, -0.25) is 0 Å². The van der Waals surface area contributed by atoms with Crippen LogP contribution in [0.25, 0.3) is 0 Å². The van der Waals surface area contributed by atoms with Gasteiger partial charge >= 0.3 is 164 Å². The number of halogens is 1. The van der Waals surface area contributed by atoms with E-state index in [9.17, 15) is 5.11 Å². The van der Waals surface area contributed by atoms with Crippen molar-refractivity contribution < 1.29 is 5.11 Å². The van der Waals surface area contributed by atoms with Crippen LogP contribution in [0.2, 0.25) is 0 Å². The molecule has 0 aliphatic rings. The zero-order valence-electron chi connectivity index (χ0n) is 14.4.